The van der Waals surface area contributed by atoms with Crippen LogP contribution in [0.3, 0.4) is 0 Å². The van der Waals surface area contributed by atoms with Gasteiger partial charge in [0, 0.05) is 0 Å². The average Bonchev–Trinajstić information content (AvgIpc) is 2.75. The first-order chi connectivity index (χ1) is 8.46. The normalized spacial score (nSPS) is 18.3. The molecule has 1 aromatic carbocycles. The van der Waals surface area contributed by atoms with Crippen molar-refractivity contribution >= 4 is 5.91 Å². The molecule has 0 radical (unpaired) electrons. The Bertz CT molecular complexity index is 504. The van der Waals surface area contributed by atoms with E-state index in [-0.39, 0.29) is 23.6 Å². The van der Waals surface area contributed by atoms with E-state index in [2.05, 4.69) is 9.47 Å². The van der Waals surface area contributed by atoms with Gasteiger partial charge in [0.1, 0.15) is 0 Å². The number of hydrogen-bond acceptors (Lipinski definition) is 4. The largest absolute Gasteiger partial charge is 0.586 e. The molecule has 2 aliphatic heterocycles. The maximum Gasteiger partial charge on any atom is 0.586 e. The molecule has 0 saturated carbocycles. The minimum absolute atomic E-state index is 0.0453. The van der Waals surface area contributed by atoms with Crippen molar-refractivity contribution in [3.63, 3.8) is 0 Å². The van der Waals surface area contributed by atoms with Crippen LogP contribution in [-0.2, 0) is 6.54 Å². The SMILES string of the molecule is CC.O=C1c2cc3c(cc2CN1O)OC(F)(F)O3. The molecule has 1 amide bonds. The molecular weight excluding hydrogens is 248 g/mol. The molecule has 5 nitrogen and oxygen atoms in total. The molecule has 3 rings (SSSR count). The van der Waals surface area contributed by atoms with E-state index in [4.69, 9.17) is 5.21 Å². The minimum atomic E-state index is -3.70. The van der Waals surface area contributed by atoms with Crippen LogP contribution in [0.5, 0.6) is 11.5 Å². The van der Waals surface area contributed by atoms with Crippen LogP contribution in [0.2, 0.25) is 0 Å². The number of rotatable bonds is 0. The summed E-state index contributed by atoms with van der Waals surface area (Å²) in [5, 5.41) is 9.65. The van der Waals surface area contributed by atoms with Gasteiger partial charge in [0.15, 0.2) is 11.5 Å². The zero-order chi connectivity index (χ0) is 13.5. The van der Waals surface area contributed by atoms with E-state index in [0.29, 0.717) is 10.6 Å². The topological polar surface area (TPSA) is 59.0 Å². The summed E-state index contributed by atoms with van der Waals surface area (Å²) in [7, 11) is 0. The quantitative estimate of drug-likeness (QED) is 0.727. The van der Waals surface area contributed by atoms with Crippen molar-refractivity contribution in [2.45, 2.75) is 26.7 Å². The zero-order valence-corrected chi connectivity index (χ0v) is 9.74. The second-order valence-corrected chi connectivity index (χ2v) is 3.49. The Labute approximate surface area is 101 Å². The predicted octanol–water partition coefficient (Wildman–Crippen LogP) is 2.38. The van der Waals surface area contributed by atoms with E-state index >= 15 is 0 Å². The fourth-order valence-corrected chi connectivity index (χ4v) is 1.74. The first-order valence-electron chi connectivity index (χ1n) is 5.40. The highest BCUT2D eigenvalue weighted by Gasteiger charge is 2.45. The maximum absolute atomic E-state index is 12.7. The molecule has 0 spiro atoms. The first-order valence-corrected chi connectivity index (χ1v) is 5.40. The number of amides is 1. The number of benzene rings is 1. The number of fused-ring (bicyclic) bond motifs is 2. The van der Waals surface area contributed by atoms with Gasteiger partial charge in [0.25, 0.3) is 5.91 Å². The number of carbonyl (C=O) groups is 1. The molecule has 98 valence electrons. The molecule has 0 saturated heterocycles. The summed E-state index contributed by atoms with van der Waals surface area (Å²) >= 11 is 0. The van der Waals surface area contributed by atoms with Gasteiger partial charge in [-0.05, 0) is 17.7 Å². The highest BCUT2D eigenvalue weighted by Crippen LogP contribution is 2.43. The summed E-state index contributed by atoms with van der Waals surface area (Å²) < 4.78 is 33.8. The molecular formula is C11H11F2NO4. The summed E-state index contributed by atoms with van der Waals surface area (Å²) in [4.78, 5) is 11.3. The Morgan fingerprint density at radius 2 is 1.83 bits per heavy atom. The molecule has 18 heavy (non-hydrogen) atoms. The van der Waals surface area contributed by atoms with Gasteiger partial charge in [-0.2, -0.15) is 0 Å². The molecule has 0 bridgehead atoms. The van der Waals surface area contributed by atoms with Crippen molar-refractivity contribution in [3.8, 4) is 11.5 Å². The smallest absolute Gasteiger partial charge is 0.395 e. The van der Waals surface area contributed by atoms with E-state index in [1.54, 1.807) is 0 Å². The molecule has 0 aromatic heterocycles. The molecule has 2 aliphatic rings. The van der Waals surface area contributed by atoms with Gasteiger partial charge >= 0.3 is 6.29 Å². The fraction of sp³-hybridized carbons (Fsp3) is 0.364. The van der Waals surface area contributed by atoms with Crippen molar-refractivity contribution in [1.82, 2.24) is 5.06 Å². The Morgan fingerprint density at radius 3 is 2.44 bits per heavy atom. The van der Waals surface area contributed by atoms with Gasteiger partial charge in [0.2, 0.25) is 0 Å². The molecule has 0 atom stereocenters. The number of carbonyl (C=O) groups excluding carboxylic acids is 1. The van der Waals surface area contributed by atoms with Gasteiger partial charge in [0.05, 0.1) is 12.1 Å². The van der Waals surface area contributed by atoms with Gasteiger partial charge in [-0.15, -0.1) is 8.78 Å². The molecule has 1 aromatic rings. The second kappa shape index (κ2) is 4.09. The number of ether oxygens (including phenoxy) is 2. The van der Waals surface area contributed by atoms with Crippen molar-refractivity contribution in [2.75, 3.05) is 0 Å². The number of hydroxylamine groups is 2. The van der Waals surface area contributed by atoms with Gasteiger partial charge in [-0.3, -0.25) is 10.0 Å². The van der Waals surface area contributed by atoms with E-state index < -0.39 is 12.2 Å². The predicted molar refractivity (Wildman–Crippen MR) is 55.7 cm³/mol. The molecule has 2 heterocycles. The number of alkyl halides is 2. The standard InChI is InChI=1S/C9H5F2NO4.C2H6/c10-9(11)15-6-1-4-3-12(14)8(13)5(4)2-7(6)16-9;1-2/h1-2,14H,3H2;1-2H3. The summed E-state index contributed by atoms with van der Waals surface area (Å²) in [5.41, 5.74) is 0.565. The van der Waals surface area contributed by atoms with Crippen LogP contribution >= 0.6 is 0 Å². The zero-order valence-electron chi connectivity index (χ0n) is 9.74. The number of halogens is 2. The van der Waals surface area contributed by atoms with E-state index in [0.717, 1.165) is 6.07 Å². The molecule has 0 aliphatic carbocycles. The maximum atomic E-state index is 12.7. The van der Waals surface area contributed by atoms with Crippen molar-refractivity contribution in [1.29, 1.82) is 0 Å². The van der Waals surface area contributed by atoms with Gasteiger partial charge < -0.3 is 9.47 Å². The Kier molecular flexibility index (Phi) is 2.86. The third-order valence-corrected chi connectivity index (χ3v) is 2.41. The van der Waals surface area contributed by atoms with E-state index in [1.807, 2.05) is 13.8 Å². The highest BCUT2D eigenvalue weighted by atomic mass is 19.3. The van der Waals surface area contributed by atoms with Crippen LogP contribution in [0, 0.1) is 0 Å². The van der Waals surface area contributed by atoms with Crippen molar-refractivity contribution in [2.24, 2.45) is 0 Å². The monoisotopic (exact) mass is 259 g/mol. The molecule has 0 unspecified atom stereocenters. The third-order valence-electron chi connectivity index (χ3n) is 2.41. The van der Waals surface area contributed by atoms with Crippen LogP contribution in [0.15, 0.2) is 12.1 Å². The van der Waals surface area contributed by atoms with Gasteiger partial charge in [-0.25, -0.2) is 5.06 Å². The summed E-state index contributed by atoms with van der Waals surface area (Å²) in [5.74, 6) is -0.976. The first kappa shape index (κ1) is 12.6. The summed E-state index contributed by atoms with van der Waals surface area (Å²) in [6.07, 6.45) is -3.70. The summed E-state index contributed by atoms with van der Waals surface area (Å²) in [6, 6.07) is 2.41. The molecule has 7 heteroatoms. The minimum Gasteiger partial charge on any atom is -0.395 e. The summed E-state index contributed by atoms with van der Waals surface area (Å²) in [6.45, 7) is 3.95. The van der Waals surface area contributed by atoms with E-state index in [1.165, 1.54) is 6.07 Å². The fourth-order valence-electron chi connectivity index (χ4n) is 1.74. The Morgan fingerprint density at radius 1 is 1.28 bits per heavy atom. The van der Waals surface area contributed by atoms with Crippen molar-refractivity contribution in [3.05, 3.63) is 23.3 Å². The lowest BCUT2D eigenvalue weighted by molar-refractivity contribution is -0.286. The number of nitrogens with zero attached hydrogens (tertiary/aromatic N) is 1. The van der Waals surface area contributed by atoms with Crippen LogP contribution < -0.4 is 9.47 Å². The second-order valence-electron chi connectivity index (χ2n) is 3.49. The average molecular weight is 259 g/mol. The lowest BCUT2D eigenvalue weighted by atomic mass is 10.1. The van der Waals surface area contributed by atoms with Crippen LogP contribution in [-0.4, -0.2) is 22.5 Å². The number of hydrogen-bond donors (Lipinski definition) is 1. The Balaban J connectivity index is 0.000000574. The van der Waals surface area contributed by atoms with Crippen LogP contribution in [0.1, 0.15) is 29.8 Å². The van der Waals surface area contributed by atoms with E-state index in [9.17, 15) is 13.6 Å². The molecule has 1 N–H and O–H groups in total. The third kappa shape index (κ3) is 1.86. The Hall–Kier alpha value is -1.89. The van der Waals surface area contributed by atoms with Crippen LogP contribution in [0.25, 0.3) is 0 Å². The van der Waals surface area contributed by atoms with Gasteiger partial charge in [-0.1, -0.05) is 13.8 Å². The van der Waals surface area contributed by atoms with Crippen LogP contribution in [0.4, 0.5) is 8.78 Å². The van der Waals surface area contributed by atoms with Crippen molar-refractivity contribution < 1.29 is 28.3 Å². The lowest BCUT2D eigenvalue weighted by Crippen LogP contribution is -2.26. The highest BCUT2D eigenvalue weighted by molar-refractivity contribution is 5.98. The lowest BCUT2D eigenvalue weighted by Gasteiger charge is -2.05. The molecule has 0 fully saturated rings.